The van der Waals surface area contributed by atoms with Crippen LogP contribution >= 0.6 is 0 Å². The SMILES string of the molecule is O=C(c1ccccc1)N1CCCC2(CCCNC2)C1. The molecule has 1 atom stereocenters. The summed E-state index contributed by atoms with van der Waals surface area (Å²) in [6.07, 6.45) is 4.91. The Labute approximate surface area is 115 Å². The van der Waals surface area contributed by atoms with Crippen LogP contribution < -0.4 is 5.32 Å². The molecule has 3 rings (SSSR count). The Morgan fingerprint density at radius 1 is 1.16 bits per heavy atom. The first-order chi connectivity index (χ1) is 9.29. The second-order valence-corrected chi connectivity index (χ2v) is 5.98. The van der Waals surface area contributed by atoms with E-state index in [-0.39, 0.29) is 5.91 Å². The second-order valence-electron chi connectivity index (χ2n) is 5.98. The maximum absolute atomic E-state index is 12.5. The average Bonchev–Trinajstić information content (AvgIpc) is 2.48. The van der Waals surface area contributed by atoms with Crippen molar-refractivity contribution in [1.82, 2.24) is 10.2 Å². The van der Waals surface area contributed by atoms with Crippen molar-refractivity contribution in [2.75, 3.05) is 26.2 Å². The van der Waals surface area contributed by atoms with Gasteiger partial charge in [0.2, 0.25) is 0 Å². The minimum atomic E-state index is 0.199. The van der Waals surface area contributed by atoms with Gasteiger partial charge in [0.1, 0.15) is 0 Å². The fourth-order valence-corrected chi connectivity index (χ4v) is 3.52. The quantitative estimate of drug-likeness (QED) is 0.838. The van der Waals surface area contributed by atoms with Crippen LogP contribution in [0.5, 0.6) is 0 Å². The summed E-state index contributed by atoms with van der Waals surface area (Å²) in [7, 11) is 0. The van der Waals surface area contributed by atoms with Crippen molar-refractivity contribution in [2.24, 2.45) is 5.41 Å². The third-order valence-electron chi connectivity index (χ3n) is 4.53. The molecular weight excluding hydrogens is 236 g/mol. The zero-order valence-corrected chi connectivity index (χ0v) is 11.4. The van der Waals surface area contributed by atoms with E-state index >= 15 is 0 Å². The lowest BCUT2D eigenvalue weighted by molar-refractivity contribution is 0.0434. The summed E-state index contributed by atoms with van der Waals surface area (Å²) in [5, 5.41) is 3.51. The van der Waals surface area contributed by atoms with Crippen molar-refractivity contribution in [3.8, 4) is 0 Å². The van der Waals surface area contributed by atoms with Gasteiger partial charge in [-0.15, -0.1) is 0 Å². The molecule has 0 saturated carbocycles. The van der Waals surface area contributed by atoms with E-state index in [1.54, 1.807) is 0 Å². The molecule has 3 nitrogen and oxygen atoms in total. The smallest absolute Gasteiger partial charge is 0.253 e. The molecule has 0 aromatic heterocycles. The van der Waals surface area contributed by atoms with Crippen LogP contribution in [0, 0.1) is 5.41 Å². The summed E-state index contributed by atoms with van der Waals surface area (Å²) in [6.45, 7) is 4.04. The van der Waals surface area contributed by atoms with Crippen LogP contribution in [0.15, 0.2) is 30.3 Å². The fraction of sp³-hybridized carbons (Fsp3) is 0.562. The van der Waals surface area contributed by atoms with Gasteiger partial charge in [-0.05, 0) is 44.4 Å². The van der Waals surface area contributed by atoms with Crippen LogP contribution in [0.2, 0.25) is 0 Å². The molecule has 1 N–H and O–H groups in total. The molecular formula is C16H22N2O. The van der Waals surface area contributed by atoms with Crippen molar-refractivity contribution in [2.45, 2.75) is 25.7 Å². The van der Waals surface area contributed by atoms with Gasteiger partial charge in [-0.25, -0.2) is 0 Å². The van der Waals surface area contributed by atoms with E-state index in [1.165, 1.54) is 19.3 Å². The molecule has 102 valence electrons. The van der Waals surface area contributed by atoms with Gasteiger partial charge in [-0.1, -0.05) is 18.2 Å². The summed E-state index contributed by atoms with van der Waals surface area (Å²) in [5.41, 5.74) is 1.16. The number of amides is 1. The molecule has 1 aromatic rings. The predicted molar refractivity (Wildman–Crippen MR) is 76.1 cm³/mol. The average molecular weight is 258 g/mol. The lowest BCUT2D eigenvalue weighted by Crippen LogP contribution is -2.52. The molecule has 1 amide bonds. The molecule has 0 bridgehead atoms. The molecule has 2 fully saturated rings. The number of nitrogens with one attached hydrogen (secondary N) is 1. The van der Waals surface area contributed by atoms with Gasteiger partial charge in [-0.2, -0.15) is 0 Å². The number of rotatable bonds is 1. The van der Waals surface area contributed by atoms with Gasteiger partial charge in [0, 0.05) is 30.6 Å². The van der Waals surface area contributed by atoms with E-state index in [9.17, 15) is 4.79 Å². The van der Waals surface area contributed by atoms with E-state index in [0.717, 1.165) is 38.2 Å². The van der Waals surface area contributed by atoms with E-state index in [0.29, 0.717) is 5.41 Å². The molecule has 1 spiro atoms. The first-order valence-electron chi connectivity index (χ1n) is 7.34. The summed E-state index contributed by atoms with van der Waals surface area (Å²) in [6, 6.07) is 9.68. The Balaban J connectivity index is 1.73. The second kappa shape index (κ2) is 5.33. The van der Waals surface area contributed by atoms with Crippen molar-refractivity contribution in [3.63, 3.8) is 0 Å². The van der Waals surface area contributed by atoms with Crippen LogP contribution in [0.3, 0.4) is 0 Å². The van der Waals surface area contributed by atoms with E-state index in [2.05, 4.69) is 10.2 Å². The van der Waals surface area contributed by atoms with Crippen LogP contribution in [0.4, 0.5) is 0 Å². The van der Waals surface area contributed by atoms with Gasteiger partial charge in [0.15, 0.2) is 0 Å². The maximum Gasteiger partial charge on any atom is 0.253 e. The maximum atomic E-state index is 12.5. The first-order valence-corrected chi connectivity index (χ1v) is 7.34. The Morgan fingerprint density at radius 2 is 1.95 bits per heavy atom. The zero-order chi connectivity index (χ0) is 13.1. The molecule has 2 saturated heterocycles. The van der Waals surface area contributed by atoms with Gasteiger partial charge in [0.25, 0.3) is 5.91 Å². The molecule has 1 unspecified atom stereocenters. The van der Waals surface area contributed by atoms with Crippen LogP contribution in [0.1, 0.15) is 36.0 Å². The highest BCUT2D eigenvalue weighted by Gasteiger charge is 2.38. The summed E-state index contributed by atoms with van der Waals surface area (Å²) in [4.78, 5) is 14.6. The van der Waals surface area contributed by atoms with Gasteiger partial charge >= 0.3 is 0 Å². The van der Waals surface area contributed by atoms with Crippen LogP contribution in [-0.4, -0.2) is 37.0 Å². The highest BCUT2D eigenvalue weighted by atomic mass is 16.2. The normalized spacial score (nSPS) is 27.5. The first kappa shape index (κ1) is 12.7. The Morgan fingerprint density at radius 3 is 2.68 bits per heavy atom. The highest BCUT2D eigenvalue weighted by Crippen LogP contribution is 2.36. The van der Waals surface area contributed by atoms with Gasteiger partial charge in [-0.3, -0.25) is 4.79 Å². The van der Waals surface area contributed by atoms with E-state index in [4.69, 9.17) is 0 Å². The minimum Gasteiger partial charge on any atom is -0.338 e. The topological polar surface area (TPSA) is 32.3 Å². The van der Waals surface area contributed by atoms with Crippen LogP contribution in [-0.2, 0) is 0 Å². The van der Waals surface area contributed by atoms with Crippen molar-refractivity contribution in [1.29, 1.82) is 0 Å². The summed E-state index contributed by atoms with van der Waals surface area (Å²) in [5.74, 6) is 0.199. The van der Waals surface area contributed by atoms with E-state index in [1.807, 2.05) is 30.3 Å². The number of hydrogen-bond acceptors (Lipinski definition) is 2. The number of carbonyl (C=O) groups is 1. The predicted octanol–water partition coefficient (Wildman–Crippen LogP) is 2.29. The van der Waals surface area contributed by atoms with Crippen LogP contribution in [0.25, 0.3) is 0 Å². The largest absolute Gasteiger partial charge is 0.338 e. The molecule has 2 aliphatic rings. The number of piperidine rings is 2. The Hall–Kier alpha value is -1.35. The summed E-state index contributed by atoms with van der Waals surface area (Å²) < 4.78 is 0. The molecule has 0 aliphatic carbocycles. The fourth-order valence-electron chi connectivity index (χ4n) is 3.52. The Kier molecular flexibility index (Phi) is 3.56. The molecule has 19 heavy (non-hydrogen) atoms. The monoisotopic (exact) mass is 258 g/mol. The van der Waals surface area contributed by atoms with E-state index < -0.39 is 0 Å². The number of hydrogen-bond donors (Lipinski definition) is 1. The van der Waals surface area contributed by atoms with Crippen molar-refractivity contribution in [3.05, 3.63) is 35.9 Å². The Bertz CT molecular complexity index is 432. The number of benzene rings is 1. The van der Waals surface area contributed by atoms with Gasteiger partial charge < -0.3 is 10.2 Å². The minimum absolute atomic E-state index is 0.199. The molecule has 2 aliphatic heterocycles. The van der Waals surface area contributed by atoms with Crippen molar-refractivity contribution >= 4 is 5.91 Å². The number of nitrogens with zero attached hydrogens (tertiary/aromatic N) is 1. The molecule has 0 radical (unpaired) electrons. The molecule has 2 heterocycles. The summed E-state index contributed by atoms with van der Waals surface area (Å²) >= 11 is 0. The third-order valence-corrected chi connectivity index (χ3v) is 4.53. The number of likely N-dealkylation sites (tertiary alicyclic amines) is 1. The lowest BCUT2D eigenvalue weighted by atomic mass is 9.74. The molecule has 1 aromatic carbocycles. The van der Waals surface area contributed by atoms with Crippen molar-refractivity contribution < 1.29 is 4.79 Å². The number of carbonyl (C=O) groups excluding carboxylic acids is 1. The third kappa shape index (κ3) is 2.66. The zero-order valence-electron chi connectivity index (χ0n) is 11.4. The van der Waals surface area contributed by atoms with Gasteiger partial charge in [0.05, 0.1) is 0 Å². The standard InChI is InChI=1S/C16H22N2O/c19-15(14-6-2-1-3-7-14)18-11-5-9-16(13-18)8-4-10-17-12-16/h1-3,6-7,17H,4-5,8-13H2. The highest BCUT2D eigenvalue weighted by molar-refractivity contribution is 5.94. The lowest BCUT2D eigenvalue weighted by Gasteiger charge is -2.45. The molecule has 3 heteroatoms.